The quantitative estimate of drug-likeness (QED) is 0.0361. The van der Waals surface area contributed by atoms with Crippen LogP contribution in [0.25, 0.3) is 11.2 Å². The van der Waals surface area contributed by atoms with Gasteiger partial charge in [-0.15, -0.1) is 0 Å². The van der Waals surface area contributed by atoms with Crippen LogP contribution in [0.4, 0.5) is 5.82 Å². The molecule has 1 aliphatic heterocycles. The molecule has 0 spiro atoms. The SMILES string of the molecule is CC(C)(CCCCCC(O)CCCCCC(C)(C)C(=O)SCCNC(=O)CCNC(=O)C(O)C(C)(C)COP(=O)(O)OP(=O)(O)OCC1OC(n2cnc3c(N)ncnc32)C(O)C1OP(=O)(O)O)C(=O)O. The fourth-order valence-corrected chi connectivity index (χ4v) is 10.8. The van der Waals surface area contributed by atoms with Crippen LogP contribution >= 0.6 is 35.2 Å². The number of nitrogens with zero attached hydrogens (tertiary/aromatic N) is 4. The first-order valence-electron chi connectivity index (χ1n) is 22.8. The second-order valence-corrected chi connectivity index (χ2v) is 24.4. The van der Waals surface area contributed by atoms with E-state index < -0.39 is 107 Å². The standard InChI is InChI=1S/C40H70N7O20P3S/c1-38(2,36(53)54)16-11-7-9-13-25(48)14-10-8-12-17-39(3,4)37(55)71-20-19-42-27(49)15-18-43-34(52)31(51)40(5,6)22-64-70(61,62)67-69(59,60)63-21-26-30(66-68(56,57)58)29(50)35(65-26)47-24-46-28-32(41)44-23-45-33(28)47/h23-26,29-31,35,48,50-51H,7-22H2,1-6H3,(H,42,49)(H,43,52)(H,53,54)(H,59,60)(H,61,62)(H2,41,44,45)(H2,56,57,58). The minimum absolute atomic E-state index is 0.0226. The van der Waals surface area contributed by atoms with Crippen LogP contribution in [0.5, 0.6) is 0 Å². The summed E-state index contributed by atoms with van der Waals surface area (Å²) in [6.07, 6.45) is 0.0849. The summed E-state index contributed by atoms with van der Waals surface area (Å²) in [4.78, 5) is 100. The molecule has 0 aliphatic carbocycles. The van der Waals surface area contributed by atoms with E-state index in [-0.39, 0.29) is 41.6 Å². The van der Waals surface area contributed by atoms with E-state index in [4.69, 9.17) is 19.5 Å². The molecular formula is C40H70N7O20P3S. The molecule has 3 heterocycles. The maximum atomic E-state index is 12.9. The number of phosphoric acid groups is 3. The van der Waals surface area contributed by atoms with E-state index in [1.165, 1.54) is 13.8 Å². The molecule has 406 valence electrons. The Morgan fingerprint density at radius 3 is 2.07 bits per heavy atom. The van der Waals surface area contributed by atoms with Crippen LogP contribution in [0.2, 0.25) is 0 Å². The molecule has 0 aromatic carbocycles. The molecule has 12 N–H and O–H groups in total. The van der Waals surface area contributed by atoms with Gasteiger partial charge in [-0.1, -0.05) is 78.0 Å². The Bertz CT molecular complexity index is 2250. The highest BCUT2D eigenvalue weighted by molar-refractivity contribution is 8.13. The van der Waals surface area contributed by atoms with Crippen molar-refractivity contribution in [3.8, 4) is 0 Å². The molecule has 0 radical (unpaired) electrons. The Hall–Kier alpha value is -3.01. The minimum Gasteiger partial charge on any atom is -0.481 e. The van der Waals surface area contributed by atoms with Crippen molar-refractivity contribution in [3.63, 3.8) is 0 Å². The zero-order chi connectivity index (χ0) is 53.6. The molecule has 1 saturated heterocycles. The number of nitrogens with one attached hydrogen (secondary N) is 2. The molecule has 2 aromatic rings. The molecule has 27 nitrogen and oxygen atoms in total. The Labute approximate surface area is 415 Å². The summed E-state index contributed by atoms with van der Waals surface area (Å²) < 4.78 is 62.5. The van der Waals surface area contributed by atoms with Gasteiger partial charge in [0.25, 0.3) is 0 Å². The predicted octanol–water partition coefficient (Wildman–Crippen LogP) is 3.06. The van der Waals surface area contributed by atoms with Gasteiger partial charge in [-0.3, -0.25) is 37.3 Å². The van der Waals surface area contributed by atoms with Gasteiger partial charge in [0.2, 0.25) is 11.8 Å². The highest BCUT2D eigenvalue weighted by atomic mass is 32.2. The monoisotopic (exact) mass is 1090 g/mol. The molecule has 8 atom stereocenters. The second-order valence-electron chi connectivity index (χ2n) is 19.1. The van der Waals surface area contributed by atoms with Gasteiger partial charge in [0.1, 0.15) is 36.3 Å². The summed E-state index contributed by atoms with van der Waals surface area (Å²) in [6.45, 7) is 7.52. The highest BCUT2D eigenvalue weighted by Crippen LogP contribution is 2.61. The molecule has 1 aliphatic rings. The van der Waals surface area contributed by atoms with Gasteiger partial charge in [-0.25, -0.2) is 28.6 Å². The molecule has 3 rings (SSSR count). The number of aromatic nitrogens is 4. The highest BCUT2D eigenvalue weighted by Gasteiger charge is 2.50. The van der Waals surface area contributed by atoms with Crippen LogP contribution in [0.3, 0.4) is 0 Å². The Morgan fingerprint density at radius 1 is 0.859 bits per heavy atom. The summed E-state index contributed by atoms with van der Waals surface area (Å²) in [7, 11) is -16.5. The van der Waals surface area contributed by atoms with Gasteiger partial charge in [-0.05, 0) is 39.5 Å². The molecule has 2 aromatic heterocycles. The van der Waals surface area contributed by atoms with Crippen LogP contribution in [0, 0.1) is 16.2 Å². The van der Waals surface area contributed by atoms with Crippen LogP contribution in [0.1, 0.15) is 118 Å². The summed E-state index contributed by atoms with van der Waals surface area (Å²) >= 11 is 1.09. The van der Waals surface area contributed by atoms with Crippen molar-refractivity contribution in [2.45, 2.75) is 149 Å². The molecular weight excluding hydrogens is 1020 g/mol. The van der Waals surface area contributed by atoms with E-state index in [0.29, 0.717) is 31.4 Å². The molecule has 0 bridgehead atoms. The minimum atomic E-state index is -5.60. The average Bonchev–Trinajstić information content (AvgIpc) is 3.82. The lowest BCUT2D eigenvalue weighted by Gasteiger charge is -2.30. The van der Waals surface area contributed by atoms with Gasteiger partial charge in [0.15, 0.2) is 22.8 Å². The first-order chi connectivity index (χ1) is 32.8. The van der Waals surface area contributed by atoms with Gasteiger partial charge in [0, 0.05) is 36.1 Å². The number of ether oxygens (including phenoxy) is 1. The fraction of sp³-hybridized carbons (Fsp3) is 0.775. The number of fused-ring (bicyclic) bond motifs is 1. The number of aliphatic hydroxyl groups excluding tert-OH is 3. The van der Waals surface area contributed by atoms with Gasteiger partial charge >= 0.3 is 29.4 Å². The number of unbranched alkanes of at least 4 members (excludes halogenated alkanes) is 4. The number of hydrogen-bond donors (Lipinski definition) is 11. The first kappa shape index (κ1) is 62.3. The summed E-state index contributed by atoms with van der Waals surface area (Å²) in [5.74, 6) is -2.01. The third kappa shape index (κ3) is 20.7. The number of nitrogen functional groups attached to an aromatic ring is 1. The van der Waals surface area contributed by atoms with Crippen LogP contribution in [-0.2, 0) is 55.5 Å². The first-order valence-corrected chi connectivity index (χ1v) is 28.3. The zero-order valence-electron chi connectivity index (χ0n) is 40.5. The maximum absolute atomic E-state index is 12.9. The average molecular weight is 1090 g/mol. The Balaban J connectivity index is 1.34. The number of carboxylic acids is 1. The number of rotatable bonds is 33. The van der Waals surface area contributed by atoms with Crippen molar-refractivity contribution in [1.29, 1.82) is 0 Å². The number of anilines is 1. The number of nitrogens with two attached hydrogens (primary N) is 1. The van der Waals surface area contributed by atoms with Crippen molar-refractivity contribution in [1.82, 2.24) is 30.2 Å². The van der Waals surface area contributed by atoms with E-state index in [1.54, 1.807) is 13.8 Å². The Kier molecular flexibility index (Phi) is 23.7. The lowest BCUT2D eigenvalue weighted by molar-refractivity contribution is -0.147. The van der Waals surface area contributed by atoms with E-state index in [1.807, 2.05) is 13.8 Å². The van der Waals surface area contributed by atoms with Crippen molar-refractivity contribution in [3.05, 3.63) is 12.7 Å². The molecule has 2 amide bonds. The fourth-order valence-electron chi connectivity index (χ4n) is 7.07. The lowest BCUT2D eigenvalue weighted by Crippen LogP contribution is -2.46. The van der Waals surface area contributed by atoms with E-state index in [0.717, 1.165) is 67.5 Å². The third-order valence-electron chi connectivity index (χ3n) is 11.5. The van der Waals surface area contributed by atoms with Crippen LogP contribution < -0.4 is 16.4 Å². The second kappa shape index (κ2) is 27.0. The van der Waals surface area contributed by atoms with E-state index >= 15 is 0 Å². The van der Waals surface area contributed by atoms with Crippen molar-refractivity contribution >= 4 is 75.1 Å². The Morgan fingerprint density at radius 2 is 1.46 bits per heavy atom. The number of carboxylic acid groups (broad SMARTS) is 1. The number of carbonyl (C=O) groups is 4. The van der Waals surface area contributed by atoms with Crippen molar-refractivity contribution in [2.24, 2.45) is 16.2 Å². The van der Waals surface area contributed by atoms with Gasteiger partial charge in [-0.2, -0.15) is 4.31 Å². The van der Waals surface area contributed by atoms with E-state index in [2.05, 4.69) is 34.4 Å². The van der Waals surface area contributed by atoms with Crippen molar-refractivity contribution in [2.75, 3.05) is 37.8 Å². The summed E-state index contributed by atoms with van der Waals surface area (Å²) in [6, 6.07) is 0. The number of thioether (sulfide) groups is 1. The van der Waals surface area contributed by atoms with Gasteiger partial charge in [0.05, 0.1) is 31.1 Å². The van der Waals surface area contributed by atoms with Crippen molar-refractivity contribution < 1.29 is 95.5 Å². The third-order valence-corrected chi connectivity index (χ3v) is 15.9. The number of aliphatic hydroxyl groups is 3. The van der Waals surface area contributed by atoms with Crippen LogP contribution in [-0.4, -0.2) is 145 Å². The summed E-state index contributed by atoms with van der Waals surface area (Å²) in [5, 5.41) is 46.1. The smallest absolute Gasteiger partial charge is 0.481 e. The molecule has 1 fully saturated rings. The molecule has 71 heavy (non-hydrogen) atoms. The largest absolute Gasteiger partial charge is 0.481 e. The number of amides is 2. The molecule has 0 saturated carbocycles. The molecule has 8 unspecified atom stereocenters. The number of aliphatic carboxylic acids is 1. The van der Waals surface area contributed by atoms with Crippen LogP contribution in [0.15, 0.2) is 12.7 Å². The molecule has 31 heteroatoms. The van der Waals surface area contributed by atoms with E-state index in [9.17, 15) is 72.9 Å². The lowest BCUT2D eigenvalue weighted by atomic mass is 9.87. The normalized spacial score (nSPS) is 20.5. The number of phosphoric ester groups is 3. The number of hydrogen-bond acceptors (Lipinski definition) is 20. The maximum Gasteiger partial charge on any atom is 0.481 e. The zero-order valence-corrected chi connectivity index (χ0v) is 44.0. The predicted molar refractivity (Wildman–Crippen MR) is 254 cm³/mol. The summed E-state index contributed by atoms with van der Waals surface area (Å²) in [5.41, 5.74) is 2.88. The number of imidazole rings is 1. The topological polar surface area (TPSA) is 421 Å². The number of carbonyl (C=O) groups excluding carboxylic acids is 3. The van der Waals surface area contributed by atoms with Gasteiger partial charge < -0.3 is 61.1 Å².